The average Bonchev–Trinajstić information content (AvgIpc) is 2.46. The van der Waals surface area contributed by atoms with Crippen LogP contribution in [0.15, 0.2) is 42.5 Å². The van der Waals surface area contributed by atoms with E-state index in [0.29, 0.717) is 21.8 Å². The van der Waals surface area contributed by atoms with E-state index < -0.39 is 17.3 Å². The van der Waals surface area contributed by atoms with Crippen LogP contribution in [0.1, 0.15) is 17.3 Å². The highest BCUT2D eigenvalue weighted by Gasteiger charge is 2.18. The summed E-state index contributed by atoms with van der Waals surface area (Å²) in [6.07, 6.45) is 0. The smallest absolute Gasteiger partial charge is 0.265 e. The number of nitrogens with one attached hydrogen (secondary N) is 1. The Labute approximate surface area is 137 Å². The van der Waals surface area contributed by atoms with E-state index in [4.69, 9.17) is 11.6 Å². The van der Waals surface area contributed by atoms with Gasteiger partial charge in [-0.3, -0.25) is 19.7 Å². The zero-order valence-electron chi connectivity index (χ0n) is 12.2. The molecular weight excluding hydrogens is 320 g/mol. The van der Waals surface area contributed by atoms with Gasteiger partial charge in [0.1, 0.15) is 0 Å². The fourth-order valence-electron chi connectivity index (χ4n) is 2.18. The minimum atomic E-state index is -0.779. The number of benzene rings is 2. The van der Waals surface area contributed by atoms with Crippen LogP contribution in [0, 0.1) is 10.1 Å². The molecule has 0 unspecified atom stereocenters. The van der Waals surface area contributed by atoms with Gasteiger partial charge in [0.25, 0.3) is 6.54 Å². The van der Waals surface area contributed by atoms with Gasteiger partial charge in [-0.05, 0) is 17.7 Å². The topological polar surface area (TPSA) is 89.3 Å². The summed E-state index contributed by atoms with van der Waals surface area (Å²) in [4.78, 5) is 33.0. The Hall–Kier alpha value is -2.73. The minimum Gasteiger partial charge on any atom is -0.326 e. The van der Waals surface area contributed by atoms with Crippen molar-refractivity contribution in [3.8, 4) is 11.1 Å². The number of halogens is 1. The Bertz CT molecular complexity index is 789. The third kappa shape index (κ3) is 4.14. The molecule has 1 amide bonds. The zero-order chi connectivity index (χ0) is 17.0. The van der Waals surface area contributed by atoms with Gasteiger partial charge in [0.2, 0.25) is 11.7 Å². The molecule has 0 bridgehead atoms. The van der Waals surface area contributed by atoms with E-state index in [-0.39, 0.29) is 11.5 Å². The molecule has 23 heavy (non-hydrogen) atoms. The monoisotopic (exact) mass is 332 g/mol. The molecule has 0 radical (unpaired) electrons. The molecule has 0 spiro atoms. The molecule has 0 saturated carbocycles. The van der Waals surface area contributed by atoms with Gasteiger partial charge in [-0.2, -0.15) is 0 Å². The van der Waals surface area contributed by atoms with Gasteiger partial charge in [-0.15, -0.1) is 0 Å². The number of Topliss-reactive ketones (excluding diaryl/α,β-unsaturated/α-hetero) is 1. The van der Waals surface area contributed by atoms with E-state index in [1.165, 1.54) is 13.0 Å². The largest absolute Gasteiger partial charge is 0.326 e. The molecule has 2 rings (SSSR count). The number of nitrogens with zero attached hydrogens (tertiary/aromatic N) is 1. The minimum absolute atomic E-state index is 0.227. The molecular formula is C16H13ClN2O4. The van der Waals surface area contributed by atoms with Gasteiger partial charge >= 0.3 is 0 Å². The van der Waals surface area contributed by atoms with E-state index in [1.807, 2.05) is 0 Å². The van der Waals surface area contributed by atoms with Crippen molar-refractivity contribution in [2.45, 2.75) is 6.92 Å². The van der Waals surface area contributed by atoms with Gasteiger partial charge in [0.05, 0.1) is 5.02 Å². The fourth-order valence-corrected chi connectivity index (χ4v) is 2.46. The predicted molar refractivity (Wildman–Crippen MR) is 87.4 cm³/mol. The van der Waals surface area contributed by atoms with Gasteiger partial charge in [-0.1, -0.05) is 41.9 Å². The maximum Gasteiger partial charge on any atom is 0.265 e. The molecule has 0 aliphatic carbocycles. The van der Waals surface area contributed by atoms with Gasteiger partial charge in [0.15, 0.2) is 0 Å². The van der Waals surface area contributed by atoms with Crippen LogP contribution in [0.2, 0.25) is 5.02 Å². The Morgan fingerprint density at radius 2 is 1.87 bits per heavy atom. The SMILES string of the molecule is CC(=O)Nc1ccc(-c2ccccc2C(=O)C[N+](=O)[O-])c(Cl)c1. The predicted octanol–water partition coefficient (Wildman–Crippen LogP) is 3.42. The fraction of sp³-hybridized carbons (Fsp3) is 0.125. The zero-order valence-corrected chi connectivity index (χ0v) is 13.0. The van der Waals surface area contributed by atoms with Crippen molar-refractivity contribution in [1.82, 2.24) is 0 Å². The highest BCUT2D eigenvalue weighted by molar-refractivity contribution is 6.34. The number of ketones is 1. The van der Waals surface area contributed by atoms with E-state index in [9.17, 15) is 19.7 Å². The molecule has 0 fully saturated rings. The number of hydrogen-bond donors (Lipinski definition) is 1. The van der Waals surface area contributed by atoms with E-state index in [1.54, 1.807) is 36.4 Å². The lowest BCUT2D eigenvalue weighted by Gasteiger charge is -2.11. The Morgan fingerprint density at radius 3 is 2.48 bits per heavy atom. The summed E-state index contributed by atoms with van der Waals surface area (Å²) in [6.45, 7) is 0.603. The summed E-state index contributed by atoms with van der Waals surface area (Å²) < 4.78 is 0. The molecule has 118 valence electrons. The summed E-state index contributed by atoms with van der Waals surface area (Å²) in [5, 5.41) is 13.5. The van der Waals surface area contributed by atoms with Gasteiger partial charge < -0.3 is 5.32 Å². The van der Waals surface area contributed by atoms with Crippen LogP contribution in [0.5, 0.6) is 0 Å². The molecule has 2 aromatic rings. The van der Waals surface area contributed by atoms with Crippen molar-refractivity contribution in [2.24, 2.45) is 0 Å². The Morgan fingerprint density at radius 1 is 1.17 bits per heavy atom. The number of carbonyl (C=O) groups is 2. The lowest BCUT2D eigenvalue weighted by atomic mass is 9.96. The van der Waals surface area contributed by atoms with Crippen LogP contribution >= 0.6 is 11.6 Å². The molecule has 0 aliphatic rings. The second kappa shape index (κ2) is 7.02. The molecule has 6 nitrogen and oxygen atoms in total. The van der Waals surface area contributed by atoms with Crippen LogP contribution < -0.4 is 5.32 Å². The molecule has 0 aliphatic heterocycles. The van der Waals surface area contributed by atoms with Crippen molar-refractivity contribution in [3.63, 3.8) is 0 Å². The van der Waals surface area contributed by atoms with Crippen LogP contribution in [-0.2, 0) is 4.79 Å². The molecule has 0 saturated heterocycles. The summed E-state index contributed by atoms with van der Waals surface area (Å²) in [5.74, 6) is -0.817. The van der Waals surface area contributed by atoms with Crippen LogP contribution in [0.25, 0.3) is 11.1 Å². The Balaban J connectivity index is 2.44. The van der Waals surface area contributed by atoms with E-state index >= 15 is 0 Å². The Kier molecular flexibility index (Phi) is 5.08. The molecule has 0 heterocycles. The maximum absolute atomic E-state index is 12.0. The molecule has 2 aromatic carbocycles. The van der Waals surface area contributed by atoms with Crippen LogP contribution in [0.3, 0.4) is 0 Å². The second-order valence-corrected chi connectivity index (χ2v) is 5.24. The van der Waals surface area contributed by atoms with Crippen LogP contribution in [-0.4, -0.2) is 23.2 Å². The van der Waals surface area contributed by atoms with Crippen molar-refractivity contribution in [3.05, 3.63) is 63.2 Å². The molecule has 0 aromatic heterocycles. The molecule has 0 atom stereocenters. The summed E-state index contributed by atoms with van der Waals surface area (Å²) in [6, 6.07) is 11.4. The first kappa shape index (κ1) is 16.6. The van der Waals surface area contributed by atoms with Crippen molar-refractivity contribution in [1.29, 1.82) is 0 Å². The van der Waals surface area contributed by atoms with E-state index in [0.717, 1.165) is 0 Å². The molecule has 1 N–H and O–H groups in total. The molecule has 7 heteroatoms. The average molecular weight is 333 g/mol. The lowest BCUT2D eigenvalue weighted by Crippen LogP contribution is -2.14. The summed E-state index contributed by atoms with van der Waals surface area (Å²) in [7, 11) is 0. The normalized spacial score (nSPS) is 10.2. The first-order chi connectivity index (χ1) is 10.9. The number of anilines is 1. The van der Waals surface area contributed by atoms with E-state index in [2.05, 4.69) is 5.32 Å². The van der Waals surface area contributed by atoms with Crippen molar-refractivity contribution < 1.29 is 14.5 Å². The highest BCUT2D eigenvalue weighted by Crippen LogP contribution is 2.32. The summed E-state index contributed by atoms with van der Waals surface area (Å²) >= 11 is 6.23. The number of rotatable bonds is 5. The standard InChI is InChI=1S/C16H13ClN2O4/c1-10(20)18-11-6-7-13(15(17)8-11)12-4-2-3-5-14(12)16(21)9-19(22)23/h2-8H,9H2,1H3,(H,18,20). The third-order valence-electron chi connectivity index (χ3n) is 3.08. The van der Waals surface area contributed by atoms with Crippen LogP contribution in [0.4, 0.5) is 5.69 Å². The van der Waals surface area contributed by atoms with Gasteiger partial charge in [0, 0.05) is 28.7 Å². The summed E-state index contributed by atoms with van der Waals surface area (Å²) in [5.41, 5.74) is 1.84. The number of nitro groups is 1. The number of hydrogen-bond acceptors (Lipinski definition) is 4. The van der Waals surface area contributed by atoms with Crippen molar-refractivity contribution >= 4 is 29.0 Å². The third-order valence-corrected chi connectivity index (χ3v) is 3.39. The van der Waals surface area contributed by atoms with Crippen molar-refractivity contribution in [2.75, 3.05) is 11.9 Å². The first-order valence-electron chi connectivity index (χ1n) is 6.70. The number of carbonyl (C=O) groups excluding carboxylic acids is 2. The lowest BCUT2D eigenvalue weighted by molar-refractivity contribution is -0.465. The first-order valence-corrected chi connectivity index (χ1v) is 7.08. The van der Waals surface area contributed by atoms with Gasteiger partial charge in [-0.25, -0.2) is 0 Å². The maximum atomic E-state index is 12.0. The highest BCUT2D eigenvalue weighted by atomic mass is 35.5. The number of amides is 1. The second-order valence-electron chi connectivity index (χ2n) is 4.84. The quantitative estimate of drug-likeness (QED) is 0.516.